The molecule has 0 atom stereocenters. The van der Waals surface area contributed by atoms with Crippen LogP contribution in [0.2, 0.25) is 0 Å². The van der Waals surface area contributed by atoms with E-state index in [1.54, 1.807) is 18.2 Å². The van der Waals surface area contributed by atoms with E-state index in [1.807, 2.05) is 6.07 Å². The molecule has 0 saturated heterocycles. The number of hydrogen-bond acceptors (Lipinski definition) is 4. The van der Waals surface area contributed by atoms with Gasteiger partial charge in [0.25, 0.3) is 10.0 Å². The summed E-state index contributed by atoms with van der Waals surface area (Å²) >= 11 is 7.67. The third kappa shape index (κ3) is 3.57. The van der Waals surface area contributed by atoms with Crippen LogP contribution in [0.4, 0.5) is 5.69 Å². The maximum Gasteiger partial charge on any atom is 0.263 e. The first-order valence-corrected chi connectivity index (χ1v) is 8.98. The van der Waals surface area contributed by atoms with E-state index in [0.29, 0.717) is 14.4 Å². The predicted octanol–water partition coefficient (Wildman–Crippen LogP) is 3.57. The van der Waals surface area contributed by atoms with Gasteiger partial charge in [-0.05, 0) is 40.2 Å². The summed E-state index contributed by atoms with van der Waals surface area (Å²) in [7, 11) is -3.67. The minimum absolute atomic E-state index is 0.126. The predicted molar refractivity (Wildman–Crippen MR) is 82.9 cm³/mol. The normalized spacial score (nSPS) is 11.5. The highest BCUT2D eigenvalue weighted by atomic mass is 79.9. The SMILES string of the molecule is O=S(=O)(Nc1cccc(Br)c1)c1cc(CO)sc1Br. The van der Waals surface area contributed by atoms with Gasteiger partial charge in [-0.3, -0.25) is 4.72 Å². The summed E-state index contributed by atoms with van der Waals surface area (Å²) in [5.41, 5.74) is 0.470. The minimum Gasteiger partial charge on any atom is -0.391 e. The molecule has 19 heavy (non-hydrogen) atoms. The quantitative estimate of drug-likeness (QED) is 0.785. The molecule has 0 spiro atoms. The number of benzene rings is 1. The number of rotatable bonds is 4. The summed E-state index contributed by atoms with van der Waals surface area (Å²) < 4.78 is 28.2. The van der Waals surface area contributed by atoms with Gasteiger partial charge in [-0.25, -0.2) is 8.42 Å². The van der Waals surface area contributed by atoms with E-state index in [4.69, 9.17) is 5.11 Å². The molecule has 1 heterocycles. The molecule has 0 fully saturated rings. The molecule has 2 aromatic rings. The monoisotopic (exact) mass is 425 g/mol. The zero-order chi connectivity index (χ0) is 14.0. The Labute approximate surface area is 131 Å². The molecule has 1 aromatic heterocycles. The summed E-state index contributed by atoms with van der Waals surface area (Å²) in [6, 6.07) is 8.33. The number of sulfonamides is 1. The van der Waals surface area contributed by atoms with Crippen LogP contribution in [0.3, 0.4) is 0 Å². The Hall–Kier alpha value is -0.410. The average Bonchev–Trinajstić information content (AvgIpc) is 2.71. The van der Waals surface area contributed by atoms with Gasteiger partial charge in [0, 0.05) is 15.0 Å². The molecule has 1 aromatic carbocycles. The Balaban J connectivity index is 2.34. The lowest BCUT2D eigenvalue weighted by Crippen LogP contribution is -2.12. The second kappa shape index (κ2) is 5.92. The fourth-order valence-corrected chi connectivity index (χ4v) is 5.41. The van der Waals surface area contributed by atoms with Crippen molar-refractivity contribution in [3.8, 4) is 0 Å². The molecule has 0 saturated carbocycles. The average molecular weight is 427 g/mol. The van der Waals surface area contributed by atoms with Crippen molar-refractivity contribution >= 4 is 58.9 Å². The number of thiophene rings is 1. The largest absolute Gasteiger partial charge is 0.391 e. The van der Waals surface area contributed by atoms with Crippen molar-refractivity contribution in [2.24, 2.45) is 0 Å². The van der Waals surface area contributed by atoms with Crippen LogP contribution in [0, 0.1) is 0 Å². The van der Waals surface area contributed by atoms with Crippen LogP contribution in [-0.4, -0.2) is 13.5 Å². The molecule has 0 aliphatic heterocycles. The molecule has 0 amide bonds. The lowest BCUT2D eigenvalue weighted by atomic mass is 10.3. The summed E-state index contributed by atoms with van der Waals surface area (Å²) in [4.78, 5) is 0.711. The summed E-state index contributed by atoms with van der Waals surface area (Å²) in [6.45, 7) is -0.185. The van der Waals surface area contributed by atoms with Crippen LogP contribution >= 0.6 is 43.2 Å². The summed E-state index contributed by atoms with van der Waals surface area (Å²) in [5, 5.41) is 9.04. The maximum absolute atomic E-state index is 12.2. The van der Waals surface area contributed by atoms with E-state index >= 15 is 0 Å². The maximum atomic E-state index is 12.2. The smallest absolute Gasteiger partial charge is 0.263 e. The van der Waals surface area contributed by atoms with E-state index in [9.17, 15) is 8.42 Å². The molecule has 0 aliphatic carbocycles. The van der Waals surface area contributed by atoms with Gasteiger partial charge >= 0.3 is 0 Å². The Morgan fingerprint density at radius 1 is 1.26 bits per heavy atom. The lowest BCUT2D eigenvalue weighted by Gasteiger charge is -2.07. The van der Waals surface area contributed by atoms with Gasteiger partial charge in [-0.2, -0.15) is 0 Å². The molecule has 0 bridgehead atoms. The van der Waals surface area contributed by atoms with E-state index in [2.05, 4.69) is 36.6 Å². The number of halogens is 2. The third-order valence-electron chi connectivity index (χ3n) is 2.23. The van der Waals surface area contributed by atoms with Gasteiger partial charge in [0.1, 0.15) is 4.90 Å². The van der Waals surface area contributed by atoms with Crippen molar-refractivity contribution in [2.75, 3.05) is 4.72 Å². The highest BCUT2D eigenvalue weighted by molar-refractivity contribution is 9.11. The highest BCUT2D eigenvalue weighted by Crippen LogP contribution is 2.33. The fraction of sp³-hybridized carbons (Fsp3) is 0.0909. The summed E-state index contributed by atoms with van der Waals surface area (Å²) in [5.74, 6) is 0. The van der Waals surface area contributed by atoms with E-state index < -0.39 is 10.0 Å². The van der Waals surface area contributed by atoms with Crippen molar-refractivity contribution < 1.29 is 13.5 Å². The van der Waals surface area contributed by atoms with Gasteiger partial charge < -0.3 is 5.11 Å². The molecule has 8 heteroatoms. The van der Waals surface area contributed by atoms with Crippen LogP contribution in [0.5, 0.6) is 0 Å². The van der Waals surface area contributed by atoms with E-state index in [1.165, 1.54) is 17.4 Å². The third-order valence-corrected chi connectivity index (χ3v) is 6.34. The molecule has 0 aliphatic rings. The van der Waals surface area contributed by atoms with E-state index in [-0.39, 0.29) is 11.5 Å². The van der Waals surface area contributed by atoms with Crippen molar-refractivity contribution in [3.63, 3.8) is 0 Å². The zero-order valence-corrected chi connectivity index (χ0v) is 14.2. The van der Waals surface area contributed by atoms with Crippen LogP contribution in [0.1, 0.15) is 4.88 Å². The first kappa shape index (κ1) is 15.0. The minimum atomic E-state index is -3.67. The lowest BCUT2D eigenvalue weighted by molar-refractivity contribution is 0.285. The van der Waals surface area contributed by atoms with Crippen LogP contribution in [-0.2, 0) is 16.6 Å². The zero-order valence-electron chi connectivity index (χ0n) is 9.43. The number of hydrogen-bond donors (Lipinski definition) is 2. The van der Waals surface area contributed by atoms with Gasteiger partial charge in [-0.15, -0.1) is 11.3 Å². The van der Waals surface area contributed by atoms with Crippen molar-refractivity contribution in [1.82, 2.24) is 0 Å². The standard InChI is InChI=1S/C11H9Br2NO3S2/c12-7-2-1-3-8(4-7)14-19(16,17)10-5-9(6-15)18-11(10)13/h1-5,14-15H,6H2. The molecule has 102 valence electrons. The molecular weight excluding hydrogens is 418 g/mol. The van der Waals surface area contributed by atoms with Crippen molar-refractivity contribution in [2.45, 2.75) is 11.5 Å². The van der Waals surface area contributed by atoms with Crippen LogP contribution in [0.25, 0.3) is 0 Å². The van der Waals surface area contributed by atoms with Crippen molar-refractivity contribution in [1.29, 1.82) is 0 Å². The van der Waals surface area contributed by atoms with Gasteiger partial charge in [0.05, 0.1) is 10.4 Å². The van der Waals surface area contributed by atoms with Gasteiger partial charge in [0.2, 0.25) is 0 Å². The highest BCUT2D eigenvalue weighted by Gasteiger charge is 2.20. The Morgan fingerprint density at radius 2 is 2.00 bits per heavy atom. The Bertz CT molecular complexity index is 698. The van der Waals surface area contributed by atoms with Crippen LogP contribution < -0.4 is 4.72 Å². The number of nitrogens with one attached hydrogen (secondary N) is 1. The first-order chi connectivity index (χ1) is 8.92. The summed E-state index contributed by atoms with van der Waals surface area (Å²) in [6.07, 6.45) is 0. The second-order valence-corrected chi connectivity index (χ2v) is 8.65. The second-order valence-electron chi connectivity index (χ2n) is 3.62. The molecule has 2 N–H and O–H groups in total. The number of aliphatic hydroxyl groups excluding tert-OH is 1. The fourth-order valence-electron chi connectivity index (χ4n) is 1.42. The first-order valence-electron chi connectivity index (χ1n) is 5.10. The van der Waals surface area contributed by atoms with Crippen LogP contribution in [0.15, 0.2) is 43.5 Å². The van der Waals surface area contributed by atoms with Gasteiger partial charge in [-0.1, -0.05) is 22.0 Å². The molecule has 0 unspecified atom stereocenters. The number of anilines is 1. The Morgan fingerprint density at radius 3 is 2.58 bits per heavy atom. The van der Waals surface area contributed by atoms with E-state index in [0.717, 1.165) is 4.47 Å². The topological polar surface area (TPSA) is 66.4 Å². The molecule has 2 rings (SSSR count). The van der Waals surface area contributed by atoms with Crippen molar-refractivity contribution in [3.05, 3.63) is 43.5 Å². The number of aliphatic hydroxyl groups is 1. The Kier molecular flexibility index (Phi) is 4.67. The van der Waals surface area contributed by atoms with Gasteiger partial charge in [0.15, 0.2) is 0 Å². The molecular formula is C11H9Br2NO3S2. The molecule has 0 radical (unpaired) electrons. The molecule has 4 nitrogen and oxygen atoms in total.